The lowest BCUT2D eigenvalue weighted by molar-refractivity contribution is 0.0185. The average Bonchev–Trinajstić information content (AvgIpc) is 2.86. The van der Waals surface area contributed by atoms with Crippen molar-refractivity contribution in [2.45, 2.75) is 33.4 Å². The lowest BCUT2D eigenvalue weighted by atomic mass is 9.86. The molecular formula is C17H20N4O. The van der Waals surface area contributed by atoms with Crippen LogP contribution in [-0.2, 0) is 11.3 Å². The first-order chi connectivity index (χ1) is 10.5. The minimum atomic E-state index is 0.0714. The Morgan fingerprint density at radius 2 is 2.00 bits per heavy atom. The van der Waals surface area contributed by atoms with Crippen molar-refractivity contribution in [3.63, 3.8) is 0 Å². The van der Waals surface area contributed by atoms with E-state index in [-0.39, 0.29) is 11.5 Å². The van der Waals surface area contributed by atoms with E-state index in [1.165, 1.54) is 0 Å². The van der Waals surface area contributed by atoms with Crippen LogP contribution in [0.25, 0.3) is 21.9 Å². The molecule has 1 aliphatic rings. The van der Waals surface area contributed by atoms with E-state index in [0.717, 1.165) is 27.8 Å². The number of anilines is 1. The number of aromatic nitrogens is 3. The molecule has 114 valence electrons. The third-order valence-electron chi connectivity index (χ3n) is 4.45. The van der Waals surface area contributed by atoms with E-state index in [9.17, 15) is 0 Å². The van der Waals surface area contributed by atoms with Crippen LogP contribution in [0.5, 0.6) is 0 Å². The number of hydrogen-bond donors (Lipinski definition) is 1. The molecule has 5 heteroatoms. The summed E-state index contributed by atoms with van der Waals surface area (Å²) in [6.45, 7) is 7.91. The number of rotatable bonds is 0. The smallest absolute Gasteiger partial charge is 0.152 e. The molecule has 4 rings (SSSR count). The van der Waals surface area contributed by atoms with E-state index in [1.807, 2.05) is 18.2 Å². The molecule has 3 heterocycles. The summed E-state index contributed by atoms with van der Waals surface area (Å²) in [7, 11) is 0. The maximum Gasteiger partial charge on any atom is 0.152 e. The molecule has 22 heavy (non-hydrogen) atoms. The van der Waals surface area contributed by atoms with Crippen LogP contribution in [0.3, 0.4) is 0 Å². The van der Waals surface area contributed by atoms with Gasteiger partial charge in [0, 0.05) is 5.39 Å². The van der Waals surface area contributed by atoms with Crippen molar-refractivity contribution < 1.29 is 4.74 Å². The van der Waals surface area contributed by atoms with Crippen LogP contribution in [0, 0.1) is 5.41 Å². The second-order valence-electron chi connectivity index (χ2n) is 7.01. The van der Waals surface area contributed by atoms with E-state index in [1.54, 1.807) is 0 Å². The first kappa shape index (κ1) is 13.5. The molecule has 2 N–H and O–H groups in total. The van der Waals surface area contributed by atoms with Crippen molar-refractivity contribution in [3.8, 4) is 0 Å². The van der Waals surface area contributed by atoms with Crippen molar-refractivity contribution in [2.75, 3.05) is 12.3 Å². The third-order valence-corrected chi connectivity index (χ3v) is 4.45. The Bertz CT molecular complexity index is 876. The predicted octanol–water partition coefficient (Wildman–Crippen LogP) is 3.28. The van der Waals surface area contributed by atoms with Gasteiger partial charge >= 0.3 is 0 Å². The zero-order valence-electron chi connectivity index (χ0n) is 13.1. The molecule has 1 aliphatic heterocycles. The van der Waals surface area contributed by atoms with Crippen LogP contribution in [0.15, 0.2) is 24.3 Å². The Morgan fingerprint density at radius 3 is 2.77 bits per heavy atom. The molecule has 3 aromatic rings. The summed E-state index contributed by atoms with van der Waals surface area (Å²) in [5.41, 5.74) is 9.01. The van der Waals surface area contributed by atoms with Gasteiger partial charge in [-0.05, 0) is 11.5 Å². The third kappa shape index (κ3) is 1.82. The molecule has 5 nitrogen and oxygen atoms in total. The van der Waals surface area contributed by atoms with E-state index in [0.29, 0.717) is 19.0 Å². The maximum absolute atomic E-state index is 6.16. The van der Waals surface area contributed by atoms with E-state index in [4.69, 9.17) is 15.5 Å². The molecule has 1 aromatic carbocycles. The molecule has 0 bridgehead atoms. The second-order valence-corrected chi connectivity index (χ2v) is 7.01. The molecule has 2 aromatic heterocycles. The minimum absolute atomic E-state index is 0.0714. The number of para-hydroxylation sites is 1. The summed E-state index contributed by atoms with van der Waals surface area (Å²) >= 11 is 0. The van der Waals surface area contributed by atoms with Gasteiger partial charge in [-0.3, -0.25) is 0 Å². The van der Waals surface area contributed by atoms with Gasteiger partial charge < -0.3 is 15.0 Å². The van der Waals surface area contributed by atoms with E-state index < -0.39 is 0 Å². The number of imidazole rings is 1. The Labute approximate surface area is 129 Å². The zero-order valence-corrected chi connectivity index (χ0v) is 13.1. The van der Waals surface area contributed by atoms with Gasteiger partial charge in [-0.1, -0.05) is 39.0 Å². The van der Waals surface area contributed by atoms with Crippen LogP contribution in [-0.4, -0.2) is 21.1 Å². The molecule has 1 atom stereocenters. The molecule has 0 amide bonds. The lowest BCUT2D eigenvalue weighted by Gasteiger charge is -2.36. The molecule has 1 unspecified atom stereocenters. The fourth-order valence-electron chi connectivity index (χ4n) is 3.28. The van der Waals surface area contributed by atoms with Gasteiger partial charge in [0.05, 0.1) is 23.7 Å². The second kappa shape index (κ2) is 4.43. The molecule has 0 saturated carbocycles. The monoisotopic (exact) mass is 296 g/mol. The normalized spacial score (nSPS) is 18.8. The highest BCUT2D eigenvalue weighted by Gasteiger charge is 2.34. The summed E-state index contributed by atoms with van der Waals surface area (Å²) in [4.78, 5) is 9.21. The summed E-state index contributed by atoms with van der Waals surface area (Å²) in [6.07, 6.45) is 0. The average molecular weight is 296 g/mol. The van der Waals surface area contributed by atoms with Crippen molar-refractivity contribution >= 4 is 27.8 Å². The van der Waals surface area contributed by atoms with Crippen LogP contribution < -0.4 is 5.73 Å². The van der Waals surface area contributed by atoms with Gasteiger partial charge in [-0.25, -0.2) is 9.97 Å². The van der Waals surface area contributed by atoms with Gasteiger partial charge in [-0.15, -0.1) is 0 Å². The molecule has 0 aliphatic carbocycles. The lowest BCUT2D eigenvalue weighted by Crippen LogP contribution is -2.33. The fourth-order valence-corrected chi connectivity index (χ4v) is 3.28. The number of nitrogens with zero attached hydrogens (tertiary/aromatic N) is 3. The minimum Gasteiger partial charge on any atom is -0.382 e. The summed E-state index contributed by atoms with van der Waals surface area (Å²) in [5.74, 6) is 1.43. The number of hydrogen-bond acceptors (Lipinski definition) is 4. The number of ether oxygens (including phenoxy) is 1. The van der Waals surface area contributed by atoms with Gasteiger partial charge in [-0.2, -0.15) is 0 Å². The molecule has 0 saturated heterocycles. The van der Waals surface area contributed by atoms with Crippen LogP contribution in [0.4, 0.5) is 5.82 Å². The maximum atomic E-state index is 6.16. The van der Waals surface area contributed by atoms with Crippen molar-refractivity contribution in [1.29, 1.82) is 0 Å². The summed E-state index contributed by atoms with van der Waals surface area (Å²) < 4.78 is 8.09. The standard InChI is InChI=1S/C17H20N4O/c1-17(2,3)12-8-22-9-13-20-14-15(21(12)13)10-6-4-5-7-11(10)19-16(14)18/h4-7,12H,8-9H2,1-3H3,(H2,18,19). The van der Waals surface area contributed by atoms with Gasteiger partial charge in [0.15, 0.2) is 5.82 Å². The van der Waals surface area contributed by atoms with E-state index in [2.05, 4.69) is 36.4 Å². The number of nitrogens with two attached hydrogens (primary N) is 1. The topological polar surface area (TPSA) is 66.0 Å². The van der Waals surface area contributed by atoms with Gasteiger partial charge in [0.25, 0.3) is 0 Å². The number of pyridine rings is 1. The zero-order chi connectivity index (χ0) is 15.5. The Balaban J connectivity index is 2.16. The Kier molecular flexibility index (Phi) is 2.72. The fraction of sp³-hybridized carbons (Fsp3) is 0.412. The van der Waals surface area contributed by atoms with Crippen LogP contribution >= 0.6 is 0 Å². The van der Waals surface area contributed by atoms with Crippen molar-refractivity contribution in [1.82, 2.24) is 14.5 Å². The largest absolute Gasteiger partial charge is 0.382 e. The SMILES string of the molecule is CC(C)(C)C1COCc2nc3c(N)nc4ccccc4c3n21. The molecule has 0 spiro atoms. The number of fused-ring (bicyclic) bond motifs is 5. The van der Waals surface area contributed by atoms with E-state index >= 15 is 0 Å². The van der Waals surface area contributed by atoms with Crippen LogP contribution in [0.2, 0.25) is 0 Å². The Hall–Kier alpha value is -2.14. The van der Waals surface area contributed by atoms with Crippen LogP contribution in [0.1, 0.15) is 32.6 Å². The van der Waals surface area contributed by atoms with Gasteiger partial charge in [0.1, 0.15) is 17.9 Å². The number of nitrogen functional groups attached to an aromatic ring is 1. The first-order valence-corrected chi connectivity index (χ1v) is 7.59. The van der Waals surface area contributed by atoms with Crippen molar-refractivity contribution in [2.24, 2.45) is 5.41 Å². The van der Waals surface area contributed by atoms with Gasteiger partial charge in [0.2, 0.25) is 0 Å². The quantitative estimate of drug-likeness (QED) is 0.691. The number of benzene rings is 1. The summed E-state index contributed by atoms with van der Waals surface area (Å²) in [6, 6.07) is 8.33. The predicted molar refractivity (Wildman–Crippen MR) is 87.6 cm³/mol. The first-order valence-electron chi connectivity index (χ1n) is 7.59. The van der Waals surface area contributed by atoms with Crippen molar-refractivity contribution in [3.05, 3.63) is 30.1 Å². The highest BCUT2D eigenvalue weighted by molar-refractivity contribution is 6.06. The highest BCUT2D eigenvalue weighted by atomic mass is 16.5. The molecular weight excluding hydrogens is 276 g/mol. The Morgan fingerprint density at radius 1 is 1.23 bits per heavy atom. The molecule has 0 fully saturated rings. The highest BCUT2D eigenvalue weighted by Crippen LogP contribution is 2.40. The molecule has 0 radical (unpaired) electrons. The summed E-state index contributed by atoms with van der Waals surface area (Å²) in [5, 5.41) is 1.10.